The second-order valence-electron chi connectivity index (χ2n) is 18.0. The smallest absolute Gasteiger partial charge is 0.393 e. The van der Waals surface area contributed by atoms with Crippen molar-refractivity contribution in [1.82, 2.24) is 5.32 Å². The van der Waals surface area contributed by atoms with E-state index in [0.717, 1.165) is 82.0 Å². The summed E-state index contributed by atoms with van der Waals surface area (Å²) < 4.78 is 110. The number of nitrogens with one attached hydrogen (secondary N) is 1. The fourth-order valence-electron chi connectivity index (χ4n) is 8.45. The molecule has 2 fully saturated rings. The van der Waals surface area contributed by atoms with E-state index in [0.29, 0.717) is 111 Å². The number of hydrogen-bond acceptors (Lipinski definition) is 25. The number of carbonyl (C=O) groups is 2. The summed E-state index contributed by atoms with van der Waals surface area (Å²) in [6.07, 6.45) is 5.90. The van der Waals surface area contributed by atoms with Gasteiger partial charge in [0, 0.05) is 158 Å². The molecule has 83 heavy (non-hydrogen) atoms. The van der Waals surface area contributed by atoms with Crippen molar-refractivity contribution in [3.05, 3.63) is 0 Å². The average Bonchev–Trinajstić information content (AvgIpc) is 4.31. The van der Waals surface area contributed by atoms with Gasteiger partial charge in [-0.05, 0) is 148 Å². The molecule has 500 valence electrons. The molecule has 0 amide bonds. The van der Waals surface area contributed by atoms with Crippen LogP contribution in [0.25, 0.3) is 0 Å². The Labute approximate surface area is 509 Å². The van der Waals surface area contributed by atoms with Gasteiger partial charge in [-0.1, -0.05) is 0 Å². The quantitative estimate of drug-likeness (QED) is 0.0178. The first kappa shape index (κ1) is 86.8. The lowest BCUT2D eigenvalue weighted by atomic mass is 10.0. The molecule has 0 aromatic rings. The van der Waals surface area contributed by atoms with Crippen molar-refractivity contribution >= 4 is 64.8 Å². The third-order valence-corrected chi connectivity index (χ3v) is 30.3. The molecule has 5 N–H and O–H groups in total. The van der Waals surface area contributed by atoms with Crippen molar-refractivity contribution < 1.29 is 98.7 Å². The van der Waals surface area contributed by atoms with Crippen molar-refractivity contribution in [2.75, 3.05) is 155 Å². The van der Waals surface area contributed by atoms with Crippen LogP contribution in [0.15, 0.2) is 0 Å². The van der Waals surface area contributed by atoms with E-state index in [1.165, 1.54) is 0 Å². The molecule has 2 heterocycles. The number of epoxide rings is 1. The third kappa shape index (κ3) is 39.3. The van der Waals surface area contributed by atoms with Gasteiger partial charge in [0.2, 0.25) is 0 Å². The molecule has 31 heteroatoms. The molecule has 25 nitrogen and oxygen atoms in total. The molecule has 0 aromatic carbocycles. The predicted octanol–water partition coefficient (Wildman–Crippen LogP) is 7.22. The minimum absolute atomic E-state index is 0.186. The van der Waals surface area contributed by atoms with E-state index in [9.17, 15) is 9.59 Å². The van der Waals surface area contributed by atoms with Crippen LogP contribution in [0.2, 0.25) is 36.3 Å². The molecule has 0 radical (unpaired) electrons. The van der Waals surface area contributed by atoms with Gasteiger partial charge in [-0.3, -0.25) is 9.59 Å². The Hall–Kier alpha value is -0.439. The van der Waals surface area contributed by atoms with E-state index in [4.69, 9.17) is 95.9 Å². The third-order valence-electron chi connectivity index (χ3n) is 12.2. The Kier molecular flexibility index (Phi) is 57.0. The van der Waals surface area contributed by atoms with Gasteiger partial charge < -0.3 is 106 Å². The SMILES string of the molecule is CCO[Si](CCCC1CC(=O)OC1=O)(OCC)OCC.CCO[Si](CCCN)(OCC)OCC.CCO[Si](CCNCC[Si](OCC)(OCC)OCC)(OCC)OCC.CO[Si](CCCC1CO1)(OC)OC.CO[Si](CCCN)(OC)OC. The fourth-order valence-corrected chi connectivity index (χ4v) is 22.2. The molecule has 2 unspecified atom stereocenters. The maximum atomic E-state index is 11.4. The minimum atomic E-state index is -2.64. The van der Waals surface area contributed by atoms with Crippen molar-refractivity contribution in [3.63, 3.8) is 0 Å². The summed E-state index contributed by atoms with van der Waals surface area (Å²) in [7, 11) is -5.08. The van der Waals surface area contributed by atoms with Gasteiger partial charge in [0.1, 0.15) is 0 Å². The Morgan fingerprint density at radius 2 is 0.651 bits per heavy atom. The maximum Gasteiger partial charge on any atom is 0.502 e. The standard InChI is InChI=1S/C16H39NO6Si2.C13H24O6Si.C9H23NO3Si.C8H18O4Si.C6H17NO3Si/c1-7-18-24(19-8-2,20-9-3)15-13-17-14-16-25(21-10-4,22-11-5)23-12-6;1-4-16-20(17-5-2,18-6-3)9-7-8-11-10-12(14)19-13(11)15;1-4-11-14(12-5-2,13-6-3)9-7-8-10;1-9-13(10-2,11-3)6-4-5-8-7-12-8;1-8-11(9-2,10-3)6-4-5-7/h17H,7-16H2,1-6H3;11H,4-10H2,1-3H3;4-10H2,1-3H3;8H,4-7H2,1-3H3;4-7H2,1-3H3. The van der Waals surface area contributed by atoms with Crippen molar-refractivity contribution in [1.29, 1.82) is 0 Å². The predicted molar refractivity (Wildman–Crippen MR) is 333 cm³/mol. The number of hydrogen-bond donors (Lipinski definition) is 3. The largest absolute Gasteiger partial charge is 0.502 e. The first-order valence-electron chi connectivity index (χ1n) is 30.3. The molecule has 2 saturated heterocycles. The van der Waals surface area contributed by atoms with Crippen LogP contribution in [-0.4, -0.2) is 226 Å². The topological polar surface area (TPSA) is 286 Å². The highest BCUT2D eigenvalue weighted by molar-refractivity contribution is 6.62. The van der Waals surface area contributed by atoms with E-state index in [1.54, 1.807) is 42.7 Å². The van der Waals surface area contributed by atoms with Crippen molar-refractivity contribution in [2.45, 2.75) is 170 Å². The molecule has 2 aliphatic heterocycles. The molecule has 0 spiro atoms. The zero-order valence-corrected chi connectivity index (χ0v) is 61.0. The summed E-state index contributed by atoms with van der Waals surface area (Å²) in [5.41, 5.74) is 10.8. The number of ether oxygens (including phenoxy) is 2. The number of esters is 2. The molecular formula is C52H121N3O22Si6. The van der Waals surface area contributed by atoms with Gasteiger partial charge in [-0.25, -0.2) is 0 Å². The molecule has 0 bridgehead atoms. The second kappa shape index (κ2) is 54.5. The van der Waals surface area contributed by atoms with Crippen LogP contribution in [-0.2, 0) is 98.7 Å². The van der Waals surface area contributed by atoms with Gasteiger partial charge in [-0.15, -0.1) is 0 Å². The molecule has 0 aliphatic carbocycles. The number of nitrogens with two attached hydrogens (primary N) is 2. The number of rotatable bonds is 50. The summed E-state index contributed by atoms with van der Waals surface area (Å²) in [5, 5.41) is 3.44. The van der Waals surface area contributed by atoms with Crippen LogP contribution < -0.4 is 16.8 Å². The van der Waals surface area contributed by atoms with Gasteiger partial charge in [0.25, 0.3) is 0 Å². The summed E-state index contributed by atoms with van der Waals surface area (Å²) >= 11 is 0. The summed E-state index contributed by atoms with van der Waals surface area (Å²) in [4.78, 5) is 22.4. The van der Waals surface area contributed by atoms with Crippen LogP contribution in [0, 0.1) is 5.92 Å². The lowest BCUT2D eigenvalue weighted by Crippen LogP contribution is -2.49. The highest BCUT2D eigenvalue weighted by Crippen LogP contribution is 2.27. The highest BCUT2D eigenvalue weighted by Gasteiger charge is 2.44. The van der Waals surface area contributed by atoms with Crippen molar-refractivity contribution in [3.8, 4) is 0 Å². The van der Waals surface area contributed by atoms with Crippen LogP contribution in [0.4, 0.5) is 0 Å². The first-order chi connectivity index (χ1) is 39.9. The Bertz CT molecular complexity index is 1380. The summed E-state index contributed by atoms with van der Waals surface area (Å²) in [6.45, 7) is 34.3. The zero-order chi connectivity index (χ0) is 63.4. The minimum Gasteiger partial charge on any atom is -0.393 e. The van der Waals surface area contributed by atoms with Gasteiger partial charge in [0.05, 0.1) is 25.0 Å². The molecule has 2 aliphatic rings. The van der Waals surface area contributed by atoms with Crippen molar-refractivity contribution in [2.24, 2.45) is 17.4 Å². The monoisotopic (exact) mass is 1310 g/mol. The van der Waals surface area contributed by atoms with Gasteiger partial charge in [0.15, 0.2) is 0 Å². The van der Waals surface area contributed by atoms with E-state index in [1.807, 2.05) is 83.1 Å². The van der Waals surface area contributed by atoms with E-state index < -0.39 is 64.8 Å². The molecule has 0 aromatic heterocycles. The Balaban J connectivity index is -0.000000995. The lowest BCUT2D eigenvalue weighted by molar-refractivity contribution is -0.153. The highest BCUT2D eigenvalue weighted by atomic mass is 28.4. The zero-order valence-electron chi connectivity index (χ0n) is 55.0. The normalized spacial score (nSPS) is 15.6. The lowest BCUT2D eigenvalue weighted by Gasteiger charge is -2.29. The van der Waals surface area contributed by atoms with Gasteiger partial charge in [-0.2, -0.15) is 0 Å². The first-order valence-corrected chi connectivity index (χ1v) is 41.9. The fraction of sp³-hybridized carbons (Fsp3) is 0.962. The summed E-state index contributed by atoms with van der Waals surface area (Å²) in [5.74, 6) is -1.16. The van der Waals surface area contributed by atoms with Crippen LogP contribution in [0.1, 0.15) is 128 Å². The van der Waals surface area contributed by atoms with Gasteiger partial charge >= 0.3 is 64.8 Å². The van der Waals surface area contributed by atoms with Crippen LogP contribution in [0.3, 0.4) is 0 Å². The second-order valence-corrected chi connectivity index (χ2v) is 35.1. The molecular weight excluding hydrogens is 1190 g/mol. The summed E-state index contributed by atoms with van der Waals surface area (Å²) in [6, 6.07) is 4.62. The molecule has 0 saturated carbocycles. The van der Waals surface area contributed by atoms with E-state index >= 15 is 0 Å². The molecule has 2 atom stereocenters. The van der Waals surface area contributed by atoms with E-state index in [-0.39, 0.29) is 12.3 Å². The number of cyclic esters (lactones) is 2. The van der Waals surface area contributed by atoms with Crippen LogP contribution >= 0.6 is 0 Å². The number of carbonyl (C=O) groups excluding carboxylic acids is 2. The maximum absolute atomic E-state index is 11.4. The Morgan fingerprint density at radius 3 is 0.892 bits per heavy atom. The molecule has 2 rings (SSSR count). The van der Waals surface area contributed by atoms with Crippen LogP contribution in [0.5, 0.6) is 0 Å². The Morgan fingerprint density at radius 1 is 0.398 bits per heavy atom. The average molecular weight is 1310 g/mol. The van der Waals surface area contributed by atoms with E-state index in [2.05, 4.69) is 10.1 Å².